The van der Waals surface area contributed by atoms with Gasteiger partial charge in [0.1, 0.15) is 0 Å². The fourth-order valence-corrected chi connectivity index (χ4v) is 1.97. The fraction of sp³-hybridized carbons (Fsp3) is 0.818. The number of carbonyl (C=O) groups is 2. The number of nitrogens with one attached hydrogen (secondary N) is 1. The molecule has 0 aliphatic carbocycles. The molecule has 1 heterocycles. The molecule has 0 saturated carbocycles. The maximum atomic E-state index is 11.5. The summed E-state index contributed by atoms with van der Waals surface area (Å²) in [4.78, 5) is 24.2. The number of carboxylic acid groups (broad SMARTS) is 1. The molecule has 0 radical (unpaired) electrons. The Bertz CT molecular complexity index is 268. The summed E-state index contributed by atoms with van der Waals surface area (Å²) in [5.41, 5.74) is 0. The molecule has 2 N–H and O–H groups in total. The largest absolute Gasteiger partial charge is 0.481 e. The van der Waals surface area contributed by atoms with Gasteiger partial charge in [-0.1, -0.05) is 6.92 Å². The lowest BCUT2D eigenvalue weighted by molar-refractivity contribution is -0.140. The van der Waals surface area contributed by atoms with Gasteiger partial charge in [0.25, 0.3) is 0 Å². The first-order valence-corrected chi connectivity index (χ1v) is 5.67. The van der Waals surface area contributed by atoms with Crippen molar-refractivity contribution in [1.29, 1.82) is 0 Å². The molecule has 0 aromatic rings. The molecule has 92 valence electrons. The van der Waals surface area contributed by atoms with Crippen LogP contribution < -0.4 is 5.32 Å². The van der Waals surface area contributed by atoms with Crippen LogP contribution >= 0.6 is 0 Å². The van der Waals surface area contributed by atoms with Crippen LogP contribution in [0.3, 0.4) is 0 Å². The molecule has 16 heavy (non-hydrogen) atoms. The first-order valence-electron chi connectivity index (χ1n) is 5.67. The highest BCUT2D eigenvalue weighted by Crippen LogP contribution is 2.13. The van der Waals surface area contributed by atoms with Gasteiger partial charge < -0.3 is 15.3 Å². The molecular formula is C11H20N2O3. The fourth-order valence-electron chi connectivity index (χ4n) is 1.97. The number of amides is 1. The minimum Gasteiger partial charge on any atom is -0.481 e. The Morgan fingerprint density at radius 3 is 2.75 bits per heavy atom. The van der Waals surface area contributed by atoms with Gasteiger partial charge in [-0.15, -0.1) is 0 Å². The van der Waals surface area contributed by atoms with Crippen LogP contribution in [0.25, 0.3) is 0 Å². The van der Waals surface area contributed by atoms with Crippen LogP contribution in [0.2, 0.25) is 0 Å². The summed E-state index contributed by atoms with van der Waals surface area (Å²) in [5, 5.41) is 11.4. The summed E-state index contributed by atoms with van der Waals surface area (Å²) in [6, 6.07) is 0. The standard InChI is InChI=1S/C11H20N2O3/c1-8(5-10(14)15)11(16)12-6-9-3-4-13(2)7-9/h8-9H,3-7H2,1-2H3,(H,12,16)(H,14,15). The second kappa shape index (κ2) is 5.84. The minimum atomic E-state index is -0.928. The Labute approximate surface area is 95.8 Å². The predicted octanol–water partition coefficient (Wildman–Crippen LogP) is 0.165. The third-order valence-corrected chi connectivity index (χ3v) is 2.98. The van der Waals surface area contributed by atoms with E-state index in [2.05, 4.69) is 17.3 Å². The van der Waals surface area contributed by atoms with Crippen LogP contribution in [0.5, 0.6) is 0 Å². The molecule has 5 heteroatoms. The Morgan fingerprint density at radius 2 is 2.25 bits per heavy atom. The molecule has 1 amide bonds. The number of rotatable bonds is 5. The second-order valence-corrected chi connectivity index (χ2v) is 4.66. The zero-order valence-corrected chi connectivity index (χ0v) is 9.90. The second-order valence-electron chi connectivity index (χ2n) is 4.66. The zero-order valence-electron chi connectivity index (χ0n) is 9.90. The summed E-state index contributed by atoms with van der Waals surface area (Å²) in [7, 11) is 2.06. The van der Waals surface area contributed by atoms with Gasteiger partial charge in [-0.2, -0.15) is 0 Å². The maximum Gasteiger partial charge on any atom is 0.304 e. The molecule has 1 fully saturated rings. The molecule has 1 saturated heterocycles. The first kappa shape index (κ1) is 13.0. The molecule has 2 atom stereocenters. The van der Waals surface area contributed by atoms with Crippen LogP contribution in [0.4, 0.5) is 0 Å². The Balaban J connectivity index is 2.21. The molecule has 5 nitrogen and oxygen atoms in total. The first-order chi connectivity index (χ1) is 7.49. The van der Waals surface area contributed by atoms with Gasteiger partial charge in [0.05, 0.1) is 6.42 Å². The third kappa shape index (κ3) is 4.18. The van der Waals surface area contributed by atoms with Gasteiger partial charge in [0.2, 0.25) is 5.91 Å². The van der Waals surface area contributed by atoms with Crippen LogP contribution in [0.15, 0.2) is 0 Å². The number of likely N-dealkylation sites (tertiary alicyclic amines) is 1. The van der Waals surface area contributed by atoms with Gasteiger partial charge in [0, 0.05) is 19.0 Å². The molecular weight excluding hydrogens is 208 g/mol. The predicted molar refractivity (Wildman–Crippen MR) is 60.0 cm³/mol. The molecule has 0 aromatic carbocycles. The van der Waals surface area contributed by atoms with Gasteiger partial charge in [-0.3, -0.25) is 9.59 Å². The van der Waals surface area contributed by atoms with Crippen molar-refractivity contribution in [1.82, 2.24) is 10.2 Å². The minimum absolute atomic E-state index is 0.101. The van der Waals surface area contributed by atoms with Crippen LogP contribution in [-0.4, -0.2) is 48.6 Å². The molecule has 2 unspecified atom stereocenters. The van der Waals surface area contributed by atoms with E-state index in [0.717, 1.165) is 19.5 Å². The quantitative estimate of drug-likeness (QED) is 0.703. The maximum absolute atomic E-state index is 11.5. The van der Waals surface area contributed by atoms with E-state index >= 15 is 0 Å². The van der Waals surface area contributed by atoms with E-state index in [4.69, 9.17) is 5.11 Å². The van der Waals surface area contributed by atoms with Crippen molar-refractivity contribution in [2.24, 2.45) is 11.8 Å². The highest BCUT2D eigenvalue weighted by atomic mass is 16.4. The Hall–Kier alpha value is -1.10. The highest BCUT2D eigenvalue weighted by molar-refractivity contribution is 5.82. The number of aliphatic carboxylic acids is 1. The molecule has 0 aromatic heterocycles. The van der Waals surface area contributed by atoms with E-state index in [-0.39, 0.29) is 12.3 Å². The van der Waals surface area contributed by atoms with Crippen molar-refractivity contribution in [3.63, 3.8) is 0 Å². The van der Waals surface area contributed by atoms with Crippen molar-refractivity contribution in [2.45, 2.75) is 19.8 Å². The molecule has 0 spiro atoms. The van der Waals surface area contributed by atoms with Crippen molar-refractivity contribution < 1.29 is 14.7 Å². The summed E-state index contributed by atoms with van der Waals surface area (Å²) >= 11 is 0. The average molecular weight is 228 g/mol. The lowest BCUT2D eigenvalue weighted by Crippen LogP contribution is -2.34. The summed E-state index contributed by atoms with van der Waals surface area (Å²) < 4.78 is 0. The van der Waals surface area contributed by atoms with E-state index < -0.39 is 11.9 Å². The SMILES string of the molecule is CC(CC(=O)O)C(=O)NCC1CCN(C)C1. The summed E-state index contributed by atoms with van der Waals surface area (Å²) in [5.74, 6) is -1.03. The number of hydrogen-bond donors (Lipinski definition) is 2. The van der Waals surface area contributed by atoms with Crippen LogP contribution in [0, 0.1) is 11.8 Å². The number of hydrogen-bond acceptors (Lipinski definition) is 3. The van der Waals surface area contributed by atoms with Crippen molar-refractivity contribution in [3.05, 3.63) is 0 Å². The van der Waals surface area contributed by atoms with Crippen LogP contribution in [-0.2, 0) is 9.59 Å². The van der Waals surface area contributed by atoms with E-state index in [1.807, 2.05) is 0 Å². The number of carboxylic acids is 1. The third-order valence-electron chi connectivity index (χ3n) is 2.98. The lowest BCUT2D eigenvalue weighted by atomic mass is 10.1. The van der Waals surface area contributed by atoms with Gasteiger partial charge in [0.15, 0.2) is 0 Å². The van der Waals surface area contributed by atoms with E-state index in [1.54, 1.807) is 6.92 Å². The molecule has 1 rings (SSSR count). The molecule has 1 aliphatic heterocycles. The van der Waals surface area contributed by atoms with E-state index in [9.17, 15) is 9.59 Å². The smallest absolute Gasteiger partial charge is 0.304 e. The molecule has 0 bridgehead atoms. The average Bonchev–Trinajstić information content (AvgIpc) is 2.59. The van der Waals surface area contributed by atoms with Gasteiger partial charge in [-0.05, 0) is 25.9 Å². The van der Waals surface area contributed by atoms with Gasteiger partial charge >= 0.3 is 5.97 Å². The summed E-state index contributed by atoms with van der Waals surface area (Å²) in [6.07, 6.45) is 1.00. The normalized spacial score (nSPS) is 23.0. The Kier molecular flexibility index (Phi) is 4.73. The molecule has 1 aliphatic rings. The zero-order chi connectivity index (χ0) is 12.1. The van der Waals surface area contributed by atoms with E-state index in [0.29, 0.717) is 12.5 Å². The number of carbonyl (C=O) groups excluding carboxylic acids is 1. The highest BCUT2D eigenvalue weighted by Gasteiger charge is 2.21. The topological polar surface area (TPSA) is 69.6 Å². The lowest BCUT2D eigenvalue weighted by Gasteiger charge is -2.14. The van der Waals surface area contributed by atoms with Gasteiger partial charge in [-0.25, -0.2) is 0 Å². The number of nitrogens with zero attached hydrogens (tertiary/aromatic N) is 1. The Morgan fingerprint density at radius 1 is 1.56 bits per heavy atom. The van der Waals surface area contributed by atoms with E-state index in [1.165, 1.54) is 0 Å². The summed E-state index contributed by atoms with van der Waals surface area (Å²) in [6.45, 7) is 4.39. The van der Waals surface area contributed by atoms with Crippen molar-refractivity contribution in [3.8, 4) is 0 Å². The van der Waals surface area contributed by atoms with Crippen LogP contribution in [0.1, 0.15) is 19.8 Å². The monoisotopic (exact) mass is 228 g/mol. The van der Waals surface area contributed by atoms with Crippen molar-refractivity contribution in [2.75, 3.05) is 26.7 Å². The van der Waals surface area contributed by atoms with Crippen molar-refractivity contribution >= 4 is 11.9 Å².